The third-order valence-corrected chi connectivity index (χ3v) is 3.34. The van der Waals surface area contributed by atoms with Gasteiger partial charge in [0.1, 0.15) is 17.5 Å². The standard InChI is InChI=1S/C18H14N4/c19-11-17-16(15-7-4-9-20-13-15)8-10-21-18(17)22-12-14-5-2-1-3-6-14/h1-10,13H,12H2,(H,21,22). The summed E-state index contributed by atoms with van der Waals surface area (Å²) in [4.78, 5) is 8.41. The van der Waals surface area contributed by atoms with Crippen molar-refractivity contribution in [1.29, 1.82) is 5.26 Å². The Morgan fingerprint density at radius 3 is 2.59 bits per heavy atom. The summed E-state index contributed by atoms with van der Waals surface area (Å²) in [7, 11) is 0. The third kappa shape index (κ3) is 2.94. The second-order valence-electron chi connectivity index (χ2n) is 4.77. The maximum Gasteiger partial charge on any atom is 0.144 e. The molecule has 0 radical (unpaired) electrons. The van der Waals surface area contributed by atoms with Crippen molar-refractivity contribution in [2.75, 3.05) is 5.32 Å². The van der Waals surface area contributed by atoms with Crippen molar-refractivity contribution in [3.8, 4) is 17.2 Å². The molecule has 2 heterocycles. The van der Waals surface area contributed by atoms with Crippen LogP contribution >= 0.6 is 0 Å². The van der Waals surface area contributed by atoms with Gasteiger partial charge in [0, 0.05) is 36.3 Å². The number of benzene rings is 1. The Bertz CT molecular complexity index is 792. The molecular weight excluding hydrogens is 272 g/mol. The Hall–Kier alpha value is -3.19. The molecule has 4 nitrogen and oxygen atoms in total. The number of rotatable bonds is 4. The van der Waals surface area contributed by atoms with E-state index in [-0.39, 0.29) is 0 Å². The lowest BCUT2D eigenvalue weighted by molar-refractivity contribution is 1.11. The summed E-state index contributed by atoms with van der Waals surface area (Å²) >= 11 is 0. The van der Waals surface area contributed by atoms with Crippen molar-refractivity contribution >= 4 is 5.82 Å². The zero-order valence-electron chi connectivity index (χ0n) is 11.9. The molecule has 0 unspecified atom stereocenters. The van der Waals surface area contributed by atoms with Crippen LogP contribution in [0.4, 0.5) is 5.82 Å². The fourth-order valence-corrected chi connectivity index (χ4v) is 2.25. The Morgan fingerprint density at radius 2 is 1.86 bits per heavy atom. The Balaban J connectivity index is 1.91. The predicted octanol–water partition coefficient (Wildman–Crippen LogP) is 3.63. The molecule has 3 aromatic rings. The van der Waals surface area contributed by atoms with E-state index in [1.165, 1.54) is 0 Å². The summed E-state index contributed by atoms with van der Waals surface area (Å²) < 4.78 is 0. The SMILES string of the molecule is N#Cc1c(-c2cccnc2)ccnc1NCc1ccccc1. The fourth-order valence-electron chi connectivity index (χ4n) is 2.25. The Kier molecular flexibility index (Phi) is 4.08. The monoisotopic (exact) mass is 286 g/mol. The highest BCUT2D eigenvalue weighted by Gasteiger charge is 2.11. The number of aromatic nitrogens is 2. The largest absolute Gasteiger partial charge is 0.365 e. The average molecular weight is 286 g/mol. The number of pyridine rings is 2. The van der Waals surface area contributed by atoms with E-state index in [4.69, 9.17) is 0 Å². The van der Waals surface area contributed by atoms with Gasteiger partial charge < -0.3 is 5.32 Å². The molecule has 0 bridgehead atoms. The van der Waals surface area contributed by atoms with Crippen LogP contribution in [0.1, 0.15) is 11.1 Å². The first-order valence-corrected chi connectivity index (χ1v) is 6.96. The van der Waals surface area contributed by atoms with Crippen molar-refractivity contribution in [1.82, 2.24) is 9.97 Å². The minimum absolute atomic E-state index is 0.534. The second-order valence-corrected chi connectivity index (χ2v) is 4.77. The maximum absolute atomic E-state index is 9.51. The Morgan fingerprint density at radius 1 is 1.00 bits per heavy atom. The molecule has 22 heavy (non-hydrogen) atoms. The summed E-state index contributed by atoms with van der Waals surface area (Å²) in [6, 6.07) is 17.9. The van der Waals surface area contributed by atoms with Gasteiger partial charge in [-0.25, -0.2) is 4.98 Å². The first kappa shape index (κ1) is 13.8. The molecule has 0 aliphatic carbocycles. The summed E-state index contributed by atoms with van der Waals surface area (Å²) in [6.07, 6.45) is 5.17. The van der Waals surface area contributed by atoms with Crippen molar-refractivity contribution in [3.63, 3.8) is 0 Å². The predicted molar refractivity (Wildman–Crippen MR) is 86.0 cm³/mol. The van der Waals surface area contributed by atoms with E-state index in [2.05, 4.69) is 21.4 Å². The molecule has 0 fully saturated rings. The van der Waals surface area contributed by atoms with Crippen LogP contribution in [0.5, 0.6) is 0 Å². The van der Waals surface area contributed by atoms with Crippen molar-refractivity contribution < 1.29 is 0 Å². The molecule has 0 atom stereocenters. The zero-order valence-corrected chi connectivity index (χ0v) is 11.9. The molecule has 1 aromatic carbocycles. The molecule has 0 amide bonds. The first-order valence-electron chi connectivity index (χ1n) is 6.96. The molecule has 106 valence electrons. The number of hydrogen-bond donors (Lipinski definition) is 1. The van der Waals surface area contributed by atoms with Crippen molar-refractivity contribution in [3.05, 3.63) is 78.2 Å². The van der Waals surface area contributed by atoms with Crippen LogP contribution in [0.15, 0.2) is 67.1 Å². The first-order chi connectivity index (χ1) is 10.9. The van der Waals surface area contributed by atoms with Gasteiger partial charge >= 0.3 is 0 Å². The average Bonchev–Trinajstić information content (AvgIpc) is 2.61. The van der Waals surface area contributed by atoms with Crippen LogP contribution < -0.4 is 5.32 Å². The number of hydrogen-bond acceptors (Lipinski definition) is 4. The van der Waals surface area contributed by atoms with E-state index in [0.717, 1.165) is 16.7 Å². The van der Waals surface area contributed by atoms with Gasteiger partial charge in [0.05, 0.1) is 0 Å². The van der Waals surface area contributed by atoms with Crippen molar-refractivity contribution in [2.24, 2.45) is 0 Å². The van der Waals surface area contributed by atoms with E-state index < -0.39 is 0 Å². The lowest BCUT2D eigenvalue weighted by Crippen LogP contribution is -2.04. The highest BCUT2D eigenvalue weighted by Crippen LogP contribution is 2.26. The normalized spacial score (nSPS) is 9.95. The van der Waals surface area contributed by atoms with Crippen LogP contribution in [0, 0.1) is 11.3 Å². The minimum atomic E-state index is 0.534. The topological polar surface area (TPSA) is 61.6 Å². The number of nitrogens with zero attached hydrogens (tertiary/aromatic N) is 3. The van der Waals surface area contributed by atoms with Crippen LogP contribution in [0.25, 0.3) is 11.1 Å². The van der Waals surface area contributed by atoms with Gasteiger partial charge in [-0.15, -0.1) is 0 Å². The molecule has 4 heteroatoms. The highest BCUT2D eigenvalue weighted by atomic mass is 15.0. The molecule has 2 aromatic heterocycles. The second kappa shape index (κ2) is 6.51. The van der Waals surface area contributed by atoms with Gasteiger partial charge in [-0.2, -0.15) is 5.26 Å². The lowest BCUT2D eigenvalue weighted by Gasteiger charge is -2.10. The molecule has 0 saturated carbocycles. The molecule has 0 spiro atoms. The van der Waals surface area contributed by atoms with Crippen molar-refractivity contribution in [2.45, 2.75) is 6.54 Å². The lowest BCUT2D eigenvalue weighted by atomic mass is 10.0. The number of anilines is 1. The fraction of sp³-hybridized carbons (Fsp3) is 0.0556. The van der Waals surface area contributed by atoms with Gasteiger partial charge in [0.25, 0.3) is 0 Å². The Labute approximate surface area is 129 Å². The van der Waals surface area contributed by atoms with Gasteiger partial charge in [-0.3, -0.25) is 4.98 Å². The van der Waals surface area contributed by atoms with E-state index in [9.17, 15) is 5.26 Å². The van der Waals surface area contributed by atoms with Gasteiger partial charge in [0.2, 0.25) is 0 Å². The van der Waals surface area contributed by atoms with Crippen LogP contribution in [0.3, 0.4) is 0 Å². The zero-order chi connectivity index (χ0) is 15.2. The summed E-state index contributed by atoms with van der Waals surface area (Å²) in [5.41, 5.74) is 3.41. The molecule has 0 saturated heterocycles. The quantitative estimate of drug-likeness (QED) is 0.795. The number of nitriles is 1. The van der Waals surface area contributed by atoms with Gasteiger partial charge in [-0.05, 0) is 17.7 Å². The molecule has 1 N–H and O–H groups in total. The van der Waals surface area contributed by atoms with Crippen LogP contribution in [-0.2, 0) is 6.54 Å². The summed E-state index contributed by atoms with van der Waals surface area (Å²) in [5.74, 6) is 0.590. The summed E-state index contributed by atoms with van der Waals surface area (Å²) in [5, 5.41) is 12.7. The number of nitrogens with one attached hydrogen (secondary N) is 1. The van der Waals surface area contributed by atoms with Gasteiger partial charge in [-0.1, -0.05) is 36.4 Å². The molecule has 0 aliphatic heterocycles. The van der Waals surface area contributed by atoms with Gasteiger partial charge in [0.15, 0.2) is 0 Å². The van der Waals surface area contributed by atoms with E-state index in [0.29, 0.717) is 17.9 Å². The van der Waals surface area contributed by atoms with E-state index >= 15 is 0 Å². The van der Waals surface area contributed by atoms with E-state index in [1.807, 2.05) is 48.5 Å². The smallest absolute Gasteiger partial charge is 0.144 e. The van der Waals surface area contributed by atoms with Crippen LogP contribution in [0.2, 0.25) is 0 Å². The maximum atomic E-state index is 9.51. The van der Waals surface area contributed by atoms with E-state index in [1.54, 1.807) is 18.6 Å². The highest BCUT2D eigenvalue weighted by molar-refractivity contribution is 5.75. The van der Waals surface area contributed by atoms with Crippen LogP contribution in [-0.4, -0.2) is 9.97 Å². The molecule has 3 rings (SSSR count). The molecule has 0 aliphatic rings. The minimum Gasteiger partial charge on any atom is -0.365 e. The molecular formula is C18H14N4. The third-order valence-electron chi connectivity index (χ3n) is 3.34. The summed E-state index contributed by atoms with van der Waals surface area (Å²) in [6.45, 7) is 0.624.